The van der Waals surface area contributed by atoms with Gasteiger partial charge in [-0.3, -0.25) is 4.79 Å². The fourth-order valence-corrected chi connectivity index (χ4v) is 3.20. The number of hydrogen-bond donors (Lipinski definition) is 2. The standard InChI is InChI=1S/C22H17BrN2O4/c1-13-3-2-4-16(9-13)28-12-21(27)24-15-6-8-20-18(11-15)25-22(29-20)14-5-7-19(26)17(23)10-14/h2-11,26H,12H2,1H3,(H,24,27). The Hall–Kier alpha value is -3.32. The summed E-state index contributed by atoms with van der Waals surface area (Å²) in [5.74, 6) is 0.948. The first-order valence-corrected chi connectivity index (χ1v) is 9.66. The Labute approximate surface area is 175 Å². The molecule has 1 aromatic heterocycles. The summed E-state index contributed by atoms with van der Waals surface area (Å²) >= 11 is 3.28. The van der Waals surface area contributed by atoms with E-state index in [2.05, 4.69) is 26.2 Å². The van der Waals surface area contributed by atoms with Crippen LogP contribution in [-0.4, -0.2) is 22.6 Å². The van der Waals surface area contributed by atoms with E-state index >= 15 is 0 Å². The number of oxazole rings is 1. The van der Waals surface area contributed by atoms with E-state index in [1.54, 1.807) is 36.4 Å². The first kappa shape index (κ1) is 19.0. The Bertz CT molecular complexity index is 1200. The molecule has 0 fully saturated rings. The lowest BCUT2D eigenvalue weighted by Crippen LogP contribution is -2.20. The summed E-state index contributed by atoms with van der Waals surface area (Å²) < 4.78 is 11.8. The van der Waals surface area contributed by atoms with Crippen molar-refractivity contribution < 1.29 is 19.1 Å². The van der Waals surface area contributed by atoms with Gasteiger partial charge in [-0.05, 0) is 76.9 Å². The number of aryl methyl sites for hydroxylation is 1. The summed E-state index contributed by atoms with van der Waals surface area (Å²) in [5, 5.41) is 12.4. The van der Waals surface area contributed by atoms with E-state index in [-0.39, 0.29) is 18.3 Å². The van der Waals surface area contributed by atoms with E-state index in [9.17, 15) is 9.90 Å². The SMILES string of the molecule is Cc1cccc(OCC(=O)Nc2ccc3oc(-c4ccc(O)c(Br)c4)nc3c2)c1. The maximum Gasteiger partial charge on any atom is 0.262 e. The number of aromatic nitrogens is 1. The number of carbonyl (C=O) groups is 1. The van der Waals surface area contributed by atoms with Crippen molar-refractivity contribution in [1.29, 1.82) is 0 Å². The Morgan fingerprint density at radius 3 is 2.83 bits per heavy atom. The van der Waals surface area contributed by atoms with Gasteiger partial charge < -0.3 is 19.6 Å². The molecular formula is C22H17BrN2O4. The largest absolute Gasteiger partial charge is 0.507 e. The molecule has 0 atom stereocenters. The number of aromatic hydroxyl groups is 1. The highest BCUT2D eigenvalue weighted by Crippen LogP contribution is 2.31. The predicted octanol–water partition coefficient (Wildman–Crippen LogP) is 5.29. The number of ether oxygens (including phenoxy) is 1. The van der Waals surface area contributed by atoms with Crippen molar-refractivity contribution in [3.63, 3.8) is 0 Å². The predicted molar refractivity (Wildman–Crippen MR) is 114 cm³/mol. The third kappa shape index (κ3) is 4.41. The van der Waals surface area contributed by atoms with Gasteiger partial charge in [-0.15, -0.1) is 0 Å². The van der Waals surface area contributed by atoms with Crippen molar-refractivity contribution in [1.82, 2.24) is 4.98 Å². The van der Waals surface area contributed by atoms with Crippen molar-refractivity contribution in [2.75, 3.05) is 11.9 Å². The van der Waals surface area contributed by atoms with Crippen LogP contribution in [0, 0.1) is 6.92 Å². The Morgan fingerprint density at radius 2 is 2.03 bits per heavy atom. The van der Waals surface area contributed by atoms with Crippen molar-refractivity contribution in [3.05, 3.63) is 70.7 Å². The van der Waals surface area contributed by atoms with Crippen LogP contribution in [0.15, 0.2) is 69.6 Å². The lowest BCUT2D eigenvalue weighted by atomic mass is 10.2. The van der Waals surface area contributed by atoms with Crippen LogP contribution in [0.2, 0.25) is 0 Å². The summed E-state index contributed by atoms with van der Waals surface area (Å²) in [5.41, 5.74) is 3.60. The second kappa shape index (κ2) is 7.97. The fraction of sp³-hybridized carbons (Fsp3) is 0.0909. The molecule has 29 heavy (non-hydrogen) atoms. The van der Waals surface area contributed by atoms with Gasteiger partial charge in [0.05, 0.1) is 4.47 Å². The Morgan fingerprint density at radius 1 is 1.17 bits per heavy atom. The lowest BCUT2D eigenvalue weighted by Gasteiger charge is -2.08. The number of hydrogen-bond acceptors (Lipinski definition) is 5. The molecule has 0 unspecified atom stereocenters. The molecule has 6 nitrogen and oxygen atoms in total. The third-order valence-electron chi connectivity index (χ3n) is 4.23. The molecule has 1 heterocycles. The van der Waals surface area contributed by atoms with E-state index in [4.69, 9.17) is 9.15 Å². The van der Waals surface area contributed by atoms with Gasteiger partial charge in [-0.1, -0.05) is 12.1 Å². The molecule has 0 aliphatic rings. The maximum atomic E-state index is 12.2. The van der Waals surface area contributed by atoms with Crippen LogP contribution in [0.25, 0.3) is 22.6 Å². The molecule has 3 aromatic carbocycles. The number of rotatable bonds is 5. The zero-order chi connectivity index (χ0) is 20.4. The van der Waals surface area contributed by atoms with Gasteiger partial charge in [0.25, 0.3) is 5.91 Å². The van der Waals surface area contributed by atoms with Gasteiger partial charge in [0, 0.05) is 11.3 Å². The van der Waals surface area contributed by atoms with Crippen LogP contribution < -0.4 is 10.1 Å². The van der Waals surface area contributed by atoms with Gasteiger partial charge in [-0.25, -0.2) is 4.98 Å². The average Bonchev–Trinajstić information content (AvgIpc) is 3.12. The normalized spacial score (nSPS) is 10.8. The zero-order valence-electron chi connectivity index (χ0n) is 15.5. The number of amides is 1. The van der Waals surface area contributed by atoms with Crippen LogP contribution in [-0.2, 0) is 4.79 Å². The lowest BCUT2D eigenvalue weighted by molar-refractivity contribution is -0.118. The molecule has 146 valence electrons. The summed E-state index contributed by atoms with van der Waals surface area (Å²) in [6, 6.07) is 17.8. The number of phenols is 1. The smallest absolute Gasteiger partial charge is 0.262 e. The minimum atomic E-state index is -0.267. The highest BCUT2D eigenvalue weighted by Gasteiger charge is 2.12. The van der Waals surface area contributed by atoms with Crippen molar-refractivity contribution >= 4 is 38.6 Å². The molecule has 4 rings (SSSR count). The number of nitrogens with one attached hydrogen (secondary N) is 1. The number of anilines is 1. The molecule has 2 N–H and O–H groups in total. The van der Waals surface area contributed by atoms with E-state index < -0.39 is 0 Å². The molecule has 7 heteroatoms. The van der Waals surface area contributed by atoms with Crippen LogP contribution in [0.3, 0.4) is 0 Å². The third-order valence-corrected chi connectivity index (χ3v) is 4.86. The molecule has 0 radical (unpaired) electrons. The second-order valence-electron chi connectivity index (χ2n) is 6.52. The molecule has 0 aliphatic carbocycles. The van der Waals surface area contributed by atoms with Gasteiger partial charge in [0.15, 0.2) is 12.2 Å². The maximum absolute atomic E-state index is 12.2. The number of carbonyl (C=O) groups excluding carboxylic acids is 1. The van der Waals surface area contributed by atoms with E-state index in [1.807, 2.05) is 31.2 Å². The molecule has 4 aromatic rings. The van der Waals surface area contributed by atoms with Crippen molar-refractivity contribution in [2.24, 2.45) is 0 Å². The zero-order valence-corrected chi connectivity index (χ0v) is 17.1. The number of phenolic OH excluding ortho intramolecular Hbond substituents is 1. The average molecular weight is 453 g/mol. The fourth-order valence-electron chi connectivity index (χ4n) is 2.82. The highest BCUT2D eigenvalue weighted by atomic mass is 79.9. The second-order valence-corrected chi connectivity index (χ2v) is 7.38. The minimum Gasteiger partial charge on any atom is -0.507 e. The topological polar surface area (TPSA) is 84.6 Å². The summed E-state index contributed by atoms with van der Waals surface area (Å²) in [7, 11) is 0. The van der Waals surface area contributed by atoms with Gasteiger partial charge in [-0.2, -0.15) is 0 Å². The Kier molecular flexibility index (Phi) is 5.22. The molecule has 1 amide bonds. The first-order chi connectivity index (χ1) is 14.0. The number of fused-ring (bicyclic) bond motifs is 1. The molecule has 0 bridgehead atoms. The van der Waals surface area contributed by atoms with Gasteiger partial charge >= 0.3 is 0 Å². The molecule has 0 aliphatic heterocycles. The van der Waals surface area contributed by atoms with E-state index in [0.717, 1.165) is 11.1 Å². The van der Waals surface area contributed by atoms with Crippen molar-refractivity contribution in [2.45, 2.75) is 6.92 Å². The molecule has 0 saturated heterocycles. The van der Waals surface area contributed by atoms with Gasteiger partial charge in [0.1, 0.15) is 17.0 Å². The number of nitrogens with zero attached hydrogens (tertiary/aromatic N) is 1. The first-order valence-electron chi connectivity index (χ1n) is 8.87. The van der Waals surface area contributed by atoms with E-state index in [0.29, 0.717) is 32.9 Å². The summed E-state index contributed by atoms with van der Waals surface area (Å²) in [4.78, 5) is 16.7. The number of halogens is 1. The van der Waals surface area contributed by atoms with Crippen LogP contribution >= 0.6 is 15.9 Å². The molecule has 0 spiro atoms. The summed E-state index contributed by atoms with van der Waals surface area (Å²) in [6.07, 6.45) is 0. The summed E-state index contributed by atoms with van der Waals surface area (Å²) in [6.45, 7) is 1.87. The van der Waals surface area contributed by atoms with E-state index in [1.165, 1.54) is 0 Å². The monoisotopic (exact) mass is 452 g/mol. The van der Waals surface area contributed by atoms with Crippen LogP contribution in [0.4, 0.5) is 5.69 Å². The van der Waals surface area contributed by atoms with Gasteiger partial charge in [0.2, 0.25) is 5.89 Å². The van der Waals surface area contributed by atoms with Crippen LogP contribution in [0.5, 0.6) is 11.5 Å². The Balaban J connectivity index is 1.47. The number of benzene rings is 3. The van der Waals surface area contributed by atoms with Crippen LogP contribution in [0.1, 0.15) is 5.56 Å². The molecular weight excluding hydrogens is 436 g/mol. The van der Waals surface area contributed by atoms with Crippen molar-refractivity contribution in [3.8, 4) is 23.0 Å². The quantitative estimate of drug-likeness (QED) is 0.429. The molecule has 0 saturated carbocycles. The minimum absolute atomic E-state index is 0.0902. The highest BCUT2D eigenvalue weighted by molar-refractivity contribution is 9.10.